The molecular weight excluding hydrogens is 355 g/mol. The average Bonchev–Trinajstić information content (AvgIpc) is 2.63. The summed E-state index contributed by atoms with van der Waals surface area (Å²) in [6.07, 6.45) is 1.83. The first-order valence-electron chi connectivity index (χ1n) is 7.85. The number of hydrogen-bond donors (Lipinski definition) is 1. The summed E-state index contributed by atoms with van der Waals surface area (Å²) in [6.45, 7) is 0. The maximum Gasteiger partial charge on any atom is 0.267 e. The molecule has 2 aromatic carbocycles. The number of primary amides is 1. The van der Waals surface area contributed by atoms with Crippen molar-refractivity contribution in [3.8, 4) is 16.9 Å². The van der Waals surface area contributed by atoms with E-state index in [4.69, 9.17) is 22.1 Å². The van der Waals surface area contributed by atoms with Crippen molar-refractivity contribution in [2.75, 3.05) is 7.11 Å². The monoisotopic (exact) mass is 370 g/mol. The summed E-state index contributed by atoms with van der Waals surface area (Å²) < 4.78 is 20.5. The number of hydrogen-bond acceptors (Lipinski definition) is 3. The molecule has 4 nitrogen and oxygen atoms in total. The van der Waals surface area contributed by atoms with Gasteiger partial charge in [0, 0.05) is 17.6 Å². The summed E-state index contributed by atoms with van der Waals surface area (Å²) in [5.41, 5.74) is 7.58. The lowest BCUT2D eigenvalue weighted by Gasteiger charge is -2.14. The zero-order valence-electron chi connectivity index (χ0n) is 14.0. The van der Waals surface area contributed by atoms with Crippen LogP contribution in [0.3, 0.4) is 0 Å². The molecule has 0 aliphatic carbocycles. The van der Waals surface area contributed by atoms with Gasteiger partial charge in [-0.15, -0.1) is 0 Å². The number of rotatable bonds is 5. The Morgan fingerprint density at radius 3 is 2.65 bits per heavy atom. The number of amides is 1. The summed E-state index contributed by atoms with van der Waals surface area (Å²) in [6, 6.07) is 13.6. The van der Waals surface area contributed by atoms with Crippen LogP contribution in [-0.2, 0) is 6.42 Å². The second kappa shape index (κ2) is 7.54. The van der Waals surface area contributed by atoms with Gasteiger partial charge in [-0.1, -0.05) is 35.9 Å². The van der Waals surface area contributed by atoms with Crippen molar-refractivity contribution in [2.24, 2.45) is 5.73 Å². The number of ether oxygens (including phenoxy) is 1. The number of carbonyl (C=O) groups is 1. The number of nitrogens with two attached hydrogens (primary N) is 1. The van der Waals surface area contributed by atoms with Crippen LogP contribution in [0.2, 0.25) is 5.02 Å². The van der Waals surface area contributed by atoms with Crippen molar-refractivity contribution in [2.45, 2.75) is 6.42 Å². The normalized spacial score (nSPS) is 10.6. The van der Waals surface area contributed by atoms with Gasteiger partial charge in [0.1, 0.15) is 17.3 Å². The summed E-state index contributed by atoms with van der Waals surface area (Å²) >= 11 is 6.04. The van der Waals surface area contributed by atoms with Crippen LogP contribution in [0.4, 0.5) is 4.39 Å². The maximum atomic E-state index is 15.2. The fourth-order valence-corrected chi connectivity index (χ4v) is 2.91. The number of pyridine rings is 1. The molecule has 1 aromatic heterocycles. The Morgan fingerprint density at radius 2 is 2.04 bits per heavy atom. The molecule has 3 rings (SSSR count). The molecule has 0 fully saturated rings. The van der Waals surface area contributed by atoms with E-state index in [2.05, 4.69) is 4.98 Å². The minimum Gasteiger partial charge on any atom is -0.496 e. The molecule has 0 spiro atoms. The molecule has 0 radical (unpaired) electrons. The maximum absolute atomic E-state index is 15.2. The van der Waals surface area contributed by atoms with Crippen LogP contribution in [-0.4, -0.2) is 18.0 Å². The first-order chi connectivity index (χ1) is 12.5. The van der Waals surface area contributed by atoms with Gasteiger partial charge in [-0.2, -0.15) is 0 Å². The Kier molecular flexibility index (Phi) is 5.19. The van der Waals surface area contributed by atoms with Crippen LogP contribution >= 0.6 is 11.6 Å². The van der Waals surface area contributed by atoms with Gasteiger partial charge in [-0.05, 0) is 41.0 Å². The number of aromatic nitrogens is 1. The minimum absolute atomic E-state index is 0.170. The van der Waals surface area contributed by atoms with Crippen molar-refractivity contribution in [3.63, 3.8) is 0 Å². The predicted molar refractivity (Wildman–Crippen MR) is 99.0 cm³/mol. The molecular formula is C20H16ClFN2O2. The third-order valence-corrected chi connectivity index (χ3v) is 4.22. The molecule has 0 saturated heterocycles. The van der Waals surface area contributed by atoms with E-state index >= 15 is 4.39 Å². The number of benzene rings is 2. The topological polar surface area (TPSA) is 65.2 Å². The third-order valence-electron chi connectivity index (χ3n) is 3.99. The van der Waals surface area contributed by atoms with Gasteiger partial charge in [-0.3, -0.25) is 9.78 Å². The molecule has 6 heteroatoms. The van der Waals surface area contributed by atoms with E-state index in [0.29, 0.717) is 33.9 Å². The van der Waals surface area contributed by atoms with Crippen LogP contribution in [0.1, 0.15) is 21.6 Å². The highest BCUT2D eigenvalue weighted by atomic mass is 35.5. The molecule has 1 amide bonds. The second-order valence-corrected chi connectivity index (χ2v) is 6.16. The van der Waals surface area contributed by atoms with Crippen LogP contribution in [0.5, 0.6) is 5.75 Å². The van der Waals surface area contributed by atoms with Gasteiger partial charge in [0.25, 0.3) is 5.91 Å². The van der Waals surface area contributed by atoms with Crippen LogP contribution in [0.25, 0.3) is 11.1 Å². The van der Waals surface area contributed by atoms with Crippen molar-refractivity contribution in [1.29, 1.82) is 0 Å². The van der Waals surface area contributed by atoms with Crippen molar-refractivity contribution in [3.05, 3.63) is 82.4 Å². The lowest BCUT2D eigenvalue weighted by atomic mass is 9.97. The fraction of sp³-hybridized carbons (Fsp3) is 0.100. The molecule has 3 aromatic rings. The zero-order chi connectivity index (χ0) is 18.7. The van der Waals surface area contributed by atoms with E-state index in [9.17, 15) is 4.79 Å². The second-order valence-electron chi connectivity index (χ2n) is 5.72. The van der Waals surface area contributed by atoms with E-state index in [1.165, 1.54) is 19.4 Å². The van der Waals surface area contributed by atoms with Crippen LogP contribution in [0, 0.1) is 5.82 Å². The lowest BCUT2D eigenvalue weighted by molar-refractivity contribution is 0.0995. The molecule has 0 unspecified atom stereocenters. The van der Waals surface area contributed by atoms with Crippen LogP contribution < -0.4 is 10.5 Å². The summed E-state index contributed by atoms with van der Waals surface area (Å²) in [5, 5.41) is 0.514. The van der Waals surface area contributed by atoms with Gasteiger partial charge in [0.2, 0.25) is 0 Å². The molecule has 0 atom stereocenters. The smallest absolute Gasteiger partial charge is 0.267 e. The van der Waals surface area contributed by atoms with E-state index in [1.54, 1.807) is 42.5 Å². The minimum atomic E-state index is -0.601. The quantitative estimate of drug-likeness (QED) is 0.730. The van der Waals surface area contributed by atoms with Gasteiger partial charge in [0.05, 0.1) is 12.7 Å². The fourth-order valence-electron chi connectivity index (χ4n) is 2.72. The molecule has 0 bridgehead atoms. The average molecular weight is 371 g/mol. The van der Waals surface area contributed by atoms with Gasteiger partial charge >= 0.3 is 0 Å². The highest BCUT2D eigenvalue weighted by Crippen LogP contribution is 2.36. The van der Waals surface area contributed by atoms with Crippen molar-refractivity contribution < 1.29 is 13.9 Å². The van der Waals surface area contributed by atoms with E-state index < -0.39 is 5.91 Å². The van der Waals surface area contributed by atoms with E-state index in [-0.39, 0.29) is 11.5 Å². The molecule has 0 aliphatic rings. The van der Waals surface area contributed by atoms with Gasteiger partial charge in [0.15, 0.2) is 0 Å². The van der Waals surface area contributed by atoms with Crippen LogP contribution in [0.15, 0.2) is 54.7 Å². The number of halogens is 2. The molecule has 0 saturated carbocycles. The molecule has 26 heavy (non-hydrogen) atoms. The Morgan fingerprint density at radius 1 is 1.23 bits per heavy atom. The van der Waals surface area contributed by atoms with E-state index in [1.807, 2.05) is 0 Å². The van der Waals surface area contributed by atoms with Gasteiger partial charge in [-0.25, -0.2) is 4.39 Å². The summed E-state index contributed by atoms with van der Waals surface area (Å²) in [4.78, 5) is 15.1. The zero-order valence-corrected chi connectivity index (χ0v) is 14.8. The molecule has 132 valence electrons. The number of nitrogens with zero attached hydrogens (tertiary/aromatic N) is 1. The highest BCUT2D eigenvalue weighted by molar-refractivity contribution is 6.30. The Bertz CT molecular complexity index is 959. The SMILES string of the molecule is COc1ccc(Cc2ccc(C(N)=O)nc2)c(F)c1-c1cccc(Cl)c1. The van der Waals surface area contributed by atoms with E-state index in [0.717, 1.165) is 5.56 Å². The molecule has 2 N–H and O–H groups in total. The summed E-state index contributed by atoms with van der Waals surface area (Å²) in [7, 11) is 1.50. The summed E-state index contributed by atoms with van der Waals surface area (Å²) in [5.74, 6) is -0.559. The number of carbonyl (C=O) groups excluding carboxylic acids is 1. The van der Waals surface area contributed by atoms with Crippen molar-refractivity contribution >= 4 is 17.5 Å². The number of methoxy groups -OCH3 is 1. The first kappa shape index (κ1) is 17.9. The lowest BCUT2D eigenvalue weighted by Crippen LogP contribution is -2.12. The Hall–Kier alpha value is -2.92. The first-order valence-corrected chi connectivity index (χ1v) is 8.23. The standard InChI is InChI=1S/C20H16ClFN2O2/c1-26-17-8-6-14(9-12-5-7-16(20(23)25)24-11-12)19(22)18(17)13-3-2-4-15(21)10-13/h2-8,10-11H,9H2,1H3,(H2,23,25). The Labute approximate surface area is 155 Å². The Balaban J connectivity index is 2.01. The molecule has 1 heterocycles. The molecule has 0 aliphatic heterocycles. The van der Waals surface area contributed by atoms with Gasteiger partial charge < -0.3 is 10.5 Å². The predicted octanol–water partition coefficient (Wildman–Crippen LogP) is 4.24. The largest absolute Gasteiger partial charge is 0.496 e. The highest BCUT2D eigenvalue weighted by Gasteiger charge is 2.17. The van der Waals surface area contributed by atoms with Crippen molar-refractivity contribution in [1.82, 2.24) is 4.98 Å². The third kappa shape index (κ3) is 3.68.